The standard InChI is InChI=1S/C15H19F3O4/c1-14(2,3)13(20)22-9-11(19)8-21-12-6-4-5-10(7-12)15(16,17)18/h4-7,11,19H,8-9H2,1-3H3/t11-/m1/s1. The molecule has 0 spiro atoms. The zero-order valence-corrected chi connectivity index (χ0v) is 12.6. The predicted octanol–water partition coefficient (Wildman–Crippen LogP) is 3.03. The maximum Gasteiger partial charge on any atom is 0.416 e. The lowest BCUT2D eigenvalue weighted by atomic mass is 9.97. The smallest absolute Gasteiger partial charge is 0.416 e. The average molecular weight is 320 g/mol. The molecule has 0 bridgehead atoms. The second-order valence-corrected chi connectivity index (χ2v) is 5.84. The highest BCUT2D eigenvalue weighted by atomic mass is 19.4. The number of aliphatic hydroxyl groups is 1. The van der Waals surface area contributed by atoms with Gasteiger partial charge in [-0.05, 0) is 39.0 Å². The molecule has 0 aliphatic rings. The SMILES string of the molecule is CC(C)(C)C(=O)OC[C@H](O)COc1cccc(C(F)(F)F)c1. The van der Waals surface area contributed by atoms with Crippen LogP contribution in [0.15, 0.2) is 24.3 Å². The van der Waals surface area contributed by atoms with Gasteiger partial charge in [-0.1, -0.05) is 6.07 Å². The minimum absolute atomic E-state index is 0.0176. The Balaban J connectivity index is 2.48. The van der Waals surface area contributed by atoms with E-state index in [4.69, 9.17) is 9.47 Å². The summed E-state index contributed by atoms with van der Waals surface area (Å²) in [6, 6.07) is 4.33. The molecule has 0 aromatic heterocycles. The molecule has 0 amide bonds. The van der Waals surface area contributed by atoms with Crippen LogP contribution in [-0.4, -0.2) is 30.4 Å². The summed E-state index contributed by atoms with van der Waals surface area (Å²) in [5.74, 6) is -0.498. The van der Waals surface area contributed by atoms with Gasteiger partial charge in [0.2, 0.25) is 0 Å². The van der Waals surface area contributed by atoms with Gasteiger partial charge >= 0.3 is 12.1 Å². The average Bonchev–Trinajstić information content (AvgIpc) is 2.40. The van der Waals surface area contributed by atoms with E-state index < -0.39 is 29.2 Å². The molecule has 0 fully saturated rings. The zero-order valence-electron chi connectivity index (χ0n) is 12.6. The highest BCUT2D eigenvalue weighted by molar-refractivity contribution is 5.75. The van der Waals surface area contributed by atoms with Crippen LogP contribution in [0.3, 0.4) is 0 Å². The number of carbonyl (C=O) groups is 1. The number of halogens is 3. The van der Waals surface area contributed by atoms with Gasteiger partial charge in [-0.25, -0.2) is 0 Å². The summed E-state index contributed by atoms with van der Waals surface area (Å²) >= 11 is 0. The lowest BCUT2D eigenvalue weighted by molar-refractivity contribution is -0.156. The molecule has 1 rings (SSSR count). The maximum absolute atomic E-state index is 12.5. The van der Waals surface area contributed by atoms with E-state index in [0.717, 1.165) is 12.1 Å². The highest BCUT2D eigenvalue weighted by Gasteiger charge is 2.30. The summed E-state index contributed by atoms with van der Waals surface area (Å²) < 4.78 is 47.5. The number of hydrogen-bond acceptors (Lipinski definition) is 4. The van der Waals surface area contributed by atoms with Gasteiger partial charge in [-0.3, -0.25) is 4.79 Å². The fraction of sp³-hybridized carbons (Fsp3) is 0.533. The van der Waals surface area contributed by atoms with Crippen molar-refractivity contribution in [1.82, 2.24) is 0 Å². The van der Waals surface area contributed by atoms with Crippen molar-refractivity contribution in [3.05, 3.63) is 29.8 Å². The van der Waals surface area contributed by atoms with Gasteiger partial charge in [0.05, 0.1) is 11.0 Å². The number of aliphatic hydroxyl groups excluding tert-OH is 1. The quantitative estimate of drug-likeness (QED) is 0.847. The first-order valence-electron chi connectivity index (χ1n) is 6.65. The van der Waals surface area contributed by atoms with Gasteiger partial charge in [0.25, 0.3) is 0 Å². The van der Waals surface area contributed by atoms with Crippen molar-refractivity contribution in [2.75, 3.05) is 13.2 Å². The Kier molecular flexibility index (Phi) is 5.82. The van der Waals surface area contributed by atoms with Crippen molar-refractivity contribution in [2.24, 2.45) is 5.41 Å². The number of hydrogen-bond donors (Lipinski definition) is 1. The molecule has 1 aromatic carbocycles. The van der Waals surface area contributed by atoms with Crippen molar-refractivity contribution in [2.45, 2.75) is 33.1 Å². The lowest BCUT2D eigenvalue weighted by Crippen LogP contribution is -2.30. The number of benzene rings is 1. The zero-order chi connectivity index (χ0) is 17.0. The topological polar surface area (TPSA) is 55.8 Å². The Morgan fingerprint density at radius 2 is 1.86 bits per heavy atom. The Morgan fingerprint density at radius 3 is 2.41 bits per heavy atom. The Hall–Kier alpha value is -1.76. The maximum atomic E-state index is 12.5. The van der Waals surface area contributed by atoms with Crippen molar-refractivity contribution in [1.29, 1.82) is 0 Å². The number of esters is 1. The number of alkyl halides is 3. The predicted molar refractivity (Wildman–Crippen MR) is 73.4 cm³/mol. The summed E-state index contributed by atoms with van der Waals surface area (Å²) in [4.78, 5) is 11.5. The molecule has 0 radical (unpaired) electrons. The molecule has 0 saturated heterocycles. The number of rotatable bonds is 5. The molecule has 22 heavy (non-hydrogen) atoms. The third kappa shape index (κ3) is 5.93. The molecule has 4 nitrogen and oxygen atoms in total. The second kappa shape index (κ2) is 7.00. The van der Waals surface area contributed by atoms with Crippen LogP contribution >= 0.6 is 0 Å². The van der Waals surface area contributed by atoms with E-state index in [1.165, 1.54) is 12.1 Å². The van der Waals surface area contributed by atoms with Crippen molar-refractivity contribution in [3.8, 4) is 5.75 Å². The molecule has 0 aliphatic heterocycles. The van der Waals surface area contributed by atoms with E-state index in [9.17, 15) is 23.1 Å². The second-order valence-electron chi connectivity index (χ2n) is 5.84. The molecule has 7 heteroatoms. The van der Waals surface area contributed by atoms with E-state index >= 15 is 0 Å². The third-order valence-electron chi connectivity index (χ3n) is 2.62. The van der Waals surface area contributed by atoms with Crippen LogP contribution in [0, 0.1) is 5.41 Å². The first-order chi connectivity index (χ1) is 10.00. The summed E-state index contributed by atoms with van der Waals surface area (Å²) in [6.45, 7) is 4.44. The first kappa shape index (κ1) is 18.3. The summed E-state index contributed by atoms with van der Waals surface area (Å²) in [5, 5.41) is 9.63. The molecular formula is C15H19F3O4. The highest BCUT2D eigenvalue weighted by Crippen LogP contribution is 2.31. The van der Waals surface area contributed by atoms with E-state index in [0.29, 0.717) is 0 Å². The van der Waals surface area contributed by atoms with Crippen LogP contribution < -0.4 is 4.74 Å². The van der Waals surface area contributed by atoms with Crippen molar-refractivity contribution >= 4 is 5.97 Å². The van der Waals surface area contributed by atoms with Crippen LogP contribution in [-0.2, 0) is 15.7 Å². The minimum atomic E-state index is -4.46. The van der Waals surface area contributed by atoms with Crippen LogP contribution in [0.5, 0.6) is 5.75 Å². The van der Waals surface area contributed by atoms with Crippen LogP contribution in [0.2, 0.25) is 0 Å². The third-order valence-corrected chi connectivity index (χ3v) is 2.62. The van der Waals surface area contributed by atoms with Crippen LogP contribution in [0.4, 0.5) is 13.2 Å². The van der Waals surface area contributed by atoms with E-state index in [1.54, 1.807) is 20.8 Å². The molecular weight excluding hydrogens is 301 g/mol. The van der Waals surface area contributed by atoms with E-state index in [1.807, 2.05) is 0 Å². The fourth-order valence-electron chi connectivity index (χ4n) is 1.39. The molecule has 1 N–H and O–H groups in total. The minimum Gasteiger partial charge on any atom is -0.491 e. The fourth-order valence-corrected chi connectivity index (χ4v) is 1.39. The lowest BCUT2D eigenvalue weighted by Gasteiger charge is -2.19. The van der Waals surface area contributed by atoms with E-state index in [2.05, 4.69) is 0 Å². The largest absolute Gasteiger partial charge is 0.491 e. The number of ether oxygens (including phenoxy) is 2. The van der Waals surface area contributed by atoms with Gasteiger partial charge in [-0.2, -0.15) is 13.2 Å². The first-order valence-corrected chi connectivity index (χ1v) is 6.65. The molecule has 0 heterocycles. The monoisotopic (exact) mass is 320 g/mol. The van der Waals surface area contributed by atoms with Gasteiger partial charge < -0.3 is 14.6 Å². The van der Waals surface area contributed by atoms with Gasteiger partial charge in [0.1, 0.15) is 25.1 Å². The van der Waals surface area contributed by atoms with E-state index in [-0.39, 0.29) is 19.0 Å². The van der Waals surface area contributed by atoms with Gasteiger partial charge in [-0.15, -0.1) is 0 Å². The van der Waals surface area contributed by atoms with Crippen LogP contribution in [0.1, 0.15) is 26.3 Å². The molecule has 1 atom stereocenters. The summed E-state index contributed by atoms with van der Waals surface area (Å²) in [7, 11) is 0. The van der Waals surface area contributed by atoms with Crippen LogP contribution in [0.25, 0.3) is 0 Å². The molecule has 0 aliphatic carbocycles. The van der Waals surface area contributed by atoms with Crippen molar-refractivity contribution in [3.63, 3.8) is 0 Å². The molecule has 124 valence electrons. The van der Waals surface area contributed by atoms with Gasteiger partial charge in [0.15, 0.2) is 0 Å². The summed E-state index contributed by atoms with van der Waals surface area (Å²) in [5.41, 5.74) is -1.53. The van der Waals surface area contributed by atoms with Crippen molar-refractivity contribution < 1.29 is 32.5 Å². The molecule has 0 saturated carbocycles. The molecule has 1 aromatic rings. The Morgan fingerprint density at radius 1 is 1.23 bits per heavy atom. The Labute approximate surface area is 126 Å². The Bertz CT molecular complexity index is 506. The normalized spacial score (nSPS) is 13.6. The molecule has 0 unspecified atom stereocenters. The summed E-state index contributed by atoms with van der Waals surface area (Å²) in [6.07, 6.45) is -5.58. The number of carbonyl (C=O) groups excluding carboxylic acids is 1. The van der Waals surface area contributed by atoms with Gasteiger partial charge in [0, 0.05) is 0 Å².